The number of carbonyl (C=O) groups excluding carboxylic acids is 2. The number of rotatable bonds is 2. The maximum absolute atomic E-state index is 11.9. The molecule has 2 amide bonds. The summed E-state index contributed by atoms with van der Waals surface area (Å²) in [6.45, 7) is 5.43. The van der Waals surface area contributed by atoms with Crippen molar-refractivity contribution in [2.45, 2.75) is 50.8 Å². The molecule has 2 fully saturated rings. The number of hydrogen-bond acceptors (Lipinski definition) is 4. The molecule has 2 N–H and O–H groups in total. The molecule has 2 rings (SSSR count). The summed E-state index contributed by atoms with van der Waals surface area (Å²) in [4.78, 5) is 36.0. The van der Waals surface area contributed by atoms with Crippen LogP contribution >= 0.6 is 0 Å². The Balaban J connectivity index is 2.17. The molecule has 7 heteroatoms. The molecule has 2 atom stereocenters. The quantitative estimate of drug-likeness (QED) is 0.557. The number of amides is 2. The Morgan fingerprint density at radius 2 is 2.16 bits per heavy atom. The summed E-state index contributed by atoms with van der Waals surface area (Å²) in [5.74, 6) is -0.969. The van der Waals surface area contributed by atoms with E-state index in [4.69, 9.17) is 9.84 Å². The summed E-state index contributed by atoms with van der Waals surface area (Å²) < 4.78 is 5.18. The molecule has 106 valence electrons. The molecule has 0 saturated carbocycles. The molecule has 2 aliphatic rings. The highest BCUT2D eigenvalue weighted by atomic mass is 16.6. The zero-order chi connectivity index (χ0) is 14.4. The predicted molar refractivity (Wildman–Crippen MR) is 64.5 cm³/mol. The minimum atomic E-state index is -1.27. The number of nitrogens with zero attached hydrogens (tertiary/aromatic N) is 1. The lowest BCUT2D eigenvalue weighted by Gasteiger charge is -2.47. The first-order valence-electron chi connectivity index (χ1n) is 6.20. The summed E-state index contributed by atoms with van der Waals surface area (Å²) in [5.41, 5.74) is -1.93. The summed E-state index contributed by atoms with van der Waals surface area (Å²) in [6.07, 6.45) is -0.880. The highest BCUT2D eigenvalue weighted by Gasteiger charge is 2.65. The van der Waals surface area contributed by atoms with E-state index >= 15 is 0 Å². The van der Waals surface area contributed by atoms with E-state index < -0.39 is 29.1 Å². The molecule has 7 nitrogen and oxygen atoms in total. The van der Waals surface area contributed by atoms with Crippen LogP contribution in [0, 0.1) is 0 Å². The molecule has 0 spiro atoms. The maximum atomic E-state index is 11.9. The minimum absolute atomic E-state index is 0.229. The van der Waals surface area contributed by atoms with Crippen LogP contribution in [-0.2, 0) is 14.3 Å². The molecular weight excluding hydrogens is 252 g/mol. The van der Waals surface area contributed by atoms with E-state index in [0.29, 0.717) is 6.42 Å². The third-order valence-electron chi connectivity index (χ3n) is 3.46. The largest absolute Gasteiger partial charge is 0.465 e. The number of carbonyl (C=O) groups is 3. The van der Waals surface area contributed by atoms with Gasteiger partial charge >= 0.3 is 12.1 Å². The van der Waals surface area contributed by atoms with Crippen LogP contribution in [0.3, 0.4) is 0 Å². The third-order valence-corrected chi connectivity index (χ3v) is 3.46. The van der Waals surface area contributed by atoms with E-state index in [2.05, 4.69) is 5.32 Å². The Kier molecular flexibility index (Phi) is 2.95. The fraction of sp³-hybridized carbons (Fsp3) is 0.750. The lowest BCUT2D eigenvalue weighted by Crippen LogP contribution is -2.76. The van der Waals surface area contributed by atoms with E-state index in [1.807, 2.05) is 0 Å². The van der Waals surface area contributed by atoms with Crippen molar-refractivity contribution in [3.63, 3.8) is 0 Å². The molecule has 2 unspecified atom stereocenters. The number of esters is 1. The van der Waals surface area contributed by atoms with Gasteiger partial charge in [-0.2, -0.15) is 0 Å². The zero-order valence-corrected chi connectivity index (χ0v) is 11.2. The first-order valence-corrected chi connectivity index (χ1v) is 6.20. The first kappa shape index (κ1) is 13.6. The molecule has 2 heterocycles. The van der Waals surface area contributed by atoms with E-state index in [-0.39, 0.29) is 19.0 Å². The van der Waals surface area contributed by atoms with Gasteiger partial charge in [0.2, 0.25) is 5.91 Å². The van der Waals surface area contributed by atoms with Crippen molar-refractivity contribution < 1.29 is 24.2 Å². The van der Waals surface area contributed by atoms with Gasteiger partial charge in [-0.25, -0.2) is 4.79 Å². The standard InChI is InChI=1S/C12H18N2O5/c1-11(2,3)19-8(15)6-12-7(13-9(12)16)4-5-14(12)10(17)18/h7H,4-6H2,1-3H3,(H,13,16)(H,17,18). The number of β-lactam (4-membered cyclic amide) rings is 1. The monoisotopic (exact) mass is 270 g/mol. The smallest absolute Gasteiger partial charge is 0.408 e. The number of fused-ring (bicyclic) bond motifs is 1. The number of hydrogen-bond donors (Lipinski definition) is 2. The van der Waals surface area contributed by atoms with Crippen molar-refractivity contribution in [3.8, 4) is 0 Å². The third kappa shape index (κ3) is 2.13. The van der Waals surface area contributed by atoms with E-state index in [1.165, 1.54) is 0 Å². The van der Waals surface area contributed by atoms with Gasteiger partial charge in [-0.3, -0.25) is 14.5 Å². The topological polar surface area (TPSA) is 95.9 Å². The van der Waals surface area contributed by atoms with Crippen LogP contribution in [0.15, 0.2) is 0 Å². The Labute approximate surface area is 110 Å². The Morgan fingerprint density at radius 3 is 2.63 bits per heavy atom. The van der Waals surface area contributed by atoms with Crippen LogP contribution < -0.4 is 5.32 Å². The van der Waals surface area contributed by atoms with Crippen LogP contribution in [0.2, 0.25) is 0 Å². The van der Waals surface area contributed by atoms with Crippen LogP contribution in [0.5, 0.6) is 0 Å². The second kappa shape index (κ2) is 4.11. The fourth-order valence-electron chi connectivity index (χ4n) is 2.73. The van der Waals surface area contributed by atoms with Gasteiger partial charge in [-0.15, -0.1) is 0 Å². The molecule has 0 aromatic rings. The zero-order valence-electron chi connectivity index (χ0n) is 11.2. The lowest BCUT2D eigenvalue weighted by atomic mass is 9.79. The number of nitrogens with one attached hydrogen (secondary N) is 1. The van der Waals surface area contributed by atoms with Crippen molar-refractivity contribution in [2.75, 3.05) is 6.54 Å². The van der Waals surface area contributed by atoms with Gasteiger partial charge in [0.1, 0.15) is 5.60 Å². The van der Waals surface area contributed by atoms with E-state index in [9.17, 15) is 14.4 Å². The molecule has 0 aromatic carbocycles. The lowest BCUT2D eigenvalue weighted by molar-refractivity contribution is -0.164. The van der Waals surface area contributed by atoms with Crippen LogP contribution in [0.25, 0.3) is 0 Å². The molecule has 0 aliphatic carbocycles. The normalized spacial score (nSPS) is 29.3. The average Bonchev–Trinajstić information content (AvgIpc) is 2.50. The molecule has 0 aromatic heterocycles. The van der Waals surface area contributed by atoms with Gasteiger partial charge in [0, 0.05) is 6.54 Å². The van der Waals surface area contributed by atoms with Crippen molar-refractivity contribution in [1.82, 2.24) is 10.2 Å². The van der Waals surface area contributed by atoms with Crippen molar-refractivity contribution in [2.24, 2.45) is 0 Å². The highest BCUT2D eigenvalue weighted by Crippen LogP contribution is 2.40. The first-order chi connectivity index (χ1) is 8.67. The van der Waals surface area contributed by atoms with Crippen molar-refractivity contribution in [1.29, 1.82) is 0 Å². The number of likely N-dealkylation sites (tertiary alicyclic amines) is 1. The van der Waals surface area contributed by atoms with Gasteiger partial charge in [0.05, 0.1) is 12.5 Å². The molecule has 2 aliphatic heterocycles. The van der Waals surface area contributed by atoms with Gasteiger partial charge in [0.25, 0.3) is 0 Å². The summed E-state index contributed by atoms with van der Waals surface area (Å²) in [5, 5.41) is 11.8. The Morgan fingerprint density at radius 1 is 1.53 bits per heavy atom. The van der Waals surface area contributed by atoms with Gasteiger partial charge in [-0.1, -0.05) is 0 Å². The molecule has 2 saturated heterocycles. The maximum Gasteiger partial charge on any atom is 0.408 e. The minimum Gasteiger partial charge on any atom is -0.465 e. The van der Waals surface area contributed by atoms with Crippen molar-refractivity contribution >= 4 is 18.0 Å². The van der Waals surface area contributed by atoms with Gasteiger partial charge in [0.15, 0.2) is 5.54 Å². The summed E-state index contributed by atoms with van der Waals surface area (Å²) in [7, 11) is 0. The molecule has 0 bridgehead atoms. The highest BCUT2D eigenvalue weighted by molar-refractivity contribution is 6.00. The number of carboxylic acid groups (broad SMARTS) is 1. The summed E-state index contributed by atoms with van der Waals surface area (Å²) in [6, 6.07) is -0.288. The molecule has 0 radical (unpaired) electrons. The second-order valence-electron chi connectivity index (χ2n) is 5.94. The summed E-state index contributed by atoms with van der Waals surface area (Å²) >= 11 is 0. The molecule has 19 heavy (non-hydrogen) atoms. The van der Waals surface area contributed by atoms with Crippen LogP contribution in [-0.4, -0.2) is 51.7 Å². The Hall–Kier alpha value is -1.79. The molecular formula is C12H18N2O5. The average molecular weight is 270 g/mol. The van der Waals surface area contributed by atoms with Crippen LogP contribution in [0.4, 0.5) is 4.79 Å². The number of ether oxygens (including phenoxy) is 1. The van der Waals surface area contributed by atoms with E-state index in [0.717, 1.165) is 4.90 Å². The van der Waals surface area contributed by atoms with E-state index in [1.54, 1.807) is 20.8 Å². The SMILES string of the molecule is CC(C)(C)OC(=O)CC12C(=O)NC1CCN2C(=O)O. The van der Waals surface area contributed by atoms with Crippen LogP contribution in [0.1, 0.15) is 33.6 Å². The van der Waals surface area contributed by atoms with Gasteiger partial charge < -0.3 is 15.2 Å². The van der Waals surface area contributed by atoms with Gasteiger partial charge in [-0.05, 0) is 27.2 Å². The fourth-order valence-corrected chi connectivity index (χ4v) is 2.73. The Bertz CT molecular complexity index is 442. The van der Waals surface area contributed by atoms with Crippen molar-refractivity contribution in [3.05, 3.63) is 0 Å². The predicted octanol–water partition coefficient (Wildman–Crippen LogP) is 0.339. The second-order valence-corrected chi connectivity index (χ2v) is 5.94.